The average Bonchev–Trinajstić information content (AvgIpc) is 2.60. The number of nitrogens with one attached hydrogen (secondary N) is 1. The highest BCUT2D eigenvalue weighted by molar-refractivity contribution is 7.92. The summed E-state index contributed by atoms with van der Waals surface area (Å²) < 4.78 is 31.1. The lowest BCUT2D eigenvalue weighted by molar-refractivity contribution is -0.119. The van der Waals surface area contributed by atoms with E-state index in [9.17, 15) is 13.2 Å². The van der Waals surface area contributed by atoms with Gasteiger partial charge in [-0.3, -0.25) is 9.10 Å². The fourth-order valence-corrected chi connectivity index (χ4v) is 3.63. The molecule has 8 heteroatoms. The number of ether oxygens (including phenoxy) is 1. The first-order chi connectivity index (χ1) is 13.6. The summed E-state index contributed by atoms with van der Waals surface area (Å²) >= 11 is 0. The van der Waals surface area contributed by atoms with Crippen LogP contribution in [0.3, 0.4) is 0 Å². The van der Waals surface area contributed by atoms with E-state index in [0.29, 0.717) is 5.69 Å². The Labute approximate surface area is 172 Å². The van der Waals surface area contributed by atoms with E-state index in [4.69, 9.17) is 4.74 Å². The number of carbonyl (C=O) groups is 1. The zero-order valence-corrected chi connectivity index (χ0v) is 18.2. The molecular formula is C21H27N3O4S. The monoisotopic (exact) mass is 417 g/mol. The SMILES string of the molecule is Cc1ccc(N(CC(=O)N/N=C\c2ccc(OC(C)C)cc2)S(C)(=O)=O)c(C)c1. The lowest BCUT2D eigenvalue weighted by Gasteiger charge is -2.23. The fourth-order valence-electron chi connectivity index (χ4n) is 2.72. The van der Waals surface area contributed by atoms with Gasteiger partial charge in [0.2, 0.25) is 10.0 Å². The van der Waals surface area contributed by atoms with E-state index < -0.39 is 15.9 Å². The van der Waals surface area contributed by atoms with Crippen LogP contribution in [0.4, 0.5) is 5.69 Å². The Hall–Kier alpha value is -2.87. The minimum absolute atomic E-state index is 0.0868. The van der Waals surface area contributed by atoms with Gasteiger partial charge in [-0.05, 0) is 69.2 Å². The van der Waals surface area contributed by atoms with Crippen LogP contribution in [0, 0.1) is 13.8 Å². The maximum atomic E-state index is 12.3. The third-order valence-electron chi connectivity index (χ3n) is 3.96. The van der Waals surface area contributed by atoms with E-state index in [2.05, 4.69) is 10.5 Å². The van der Waals surface area contributed by atoms with Crippen molar-refractivity contribution in [2.24, 2.45) is 5.10 Å². The van der Waals surface area contributed by atoms with Crippen LogP contribution in [0.5, 0.6) is 5.75 Å². The number of benzene rings is 2. The third-order valence-corrected chi connectivity index (χ3v) is 5.09. The molecule has 0 radical (unpaired) electrons. The maximum Gasteiger partial charge on any atom is 0.260 e. The summed E-state index contributed by atoms with van der Waals surface area (Å²) in [6, 6.07) is 12.6. The van der Waals surface area contributed by atoms with E-state index in [1.165, 1.54) is 6.21 Å². The predicted octanol–water partition coefficient (Wildman–Crippen LogP) is 3.01. The summed E-state index contributed by atoms with van der Waals surface area (Å²) in [5.74, 6) is 0.213. The molecule has 2 aromatic carbocycles. The fraction of sp³-hybridized carbons (Fsp3) is 0.333. The molecule has 0 fully saturated rings. The second-order valence-corrected chi connectivity index (χ2v) is 9.00. The lowest BCUT2D eigenvalue weighted by Crippen LogP contribution is -2.39. The lowest BCUT2D eigenvalue weighted by atomic mass is 10.1. The van der Waals surface area contributed by atoms with Gasteiger partial charge in [0.1, 0.15) is 12.3 Å². The molecule has 7 nitrogen and oxygen atoms in total. The second kappa shape index (κ2) is 9.56. The van der Waals surface area contributed by atoms with Crippen LogP contribution < -0.4 is 14.5 Å². The van der Waals surface area contributed by atoms with E-state index >= 15 is 0 Å². The van der Waals surface area contributed by atoms with Crippen molar-refractivity contribution in [3.05, 3.63) is 59.2 Å². The molecule has 0 saturated heterocycles. The van der Waals surface area contributed by atoms with Gasteiger partial charge in [-0.15, -0.1) is 0 Å². The van der Waals surface area contributed by atoms with Gasteiger partial charge in [-0.1, -0.05) is 17.7 Å². The second-order valence-electron chi connectivity index (χ2n) is 7.09. The van der Waals surface area contributed by atoms with Crippen LogP contribution in [0.2, 0.25) is 0 Å². The van der Waals surface area contributed by atoms with Crippen molar-refractivity contribution in [3.8, 4) is 5.75 Å². The molecule has 1 N–H and O–H groups in total. The normalized spacial score (nSPS) is 11.7. The Kier molecular flexibility index (Phi) is 7.39. The van der Waals surface area contributed by atoms with Crippen molar-refractivity contribution in [1.29, 1.82) is 0 Å². The average molecular weight is 418 g/mol. The maximum absolute atomic E-state index is 12.3. The van der Waals surface area contributed by atoms with Gasteiger partial charge in [0.05, 0.1) is 24.3 Å². The molecule has 0 aliphatic heterocycles. The smallest absolute Gasteiger partial charge is 0.260 e. The first-order valence-corrected chi connectivity index (χ1v) is 11.0. The minimum atomic E-state index is -3.63. The van der Waals surface area contributed by atoms with E-state index in [1.54, 1.807) is 6.07 Å². The van der Waals surface area contributed by atoms with Crippen LogP contribution in [-0.2, 0) is 14.8 Å². The van der Waals surface area contributed by atoms with Gasteiger partial charge in [-0.2, -0.15) is 5.10 Å². The molecule has 0 atom stereocenters. The Morgan fingerprint density at radius 1 is 1.17 bits per heavy atom. The summed E-state index contributed by atoms with van der Waals surface area (Å²) in [5.41, 5.74) is 5.40. The molecule has 0 bridgehead atoms. The molecule has 0 aliphatic carbocycles. The first-order valence-electron chi connectivity index (χ1n) is 9.20. The Balaban J connectivity index is 2.04. The van der Waals surface area contributed by atoms with Crippen molar-refractivity contribution in [1.82, 2.24) is 5.43 Å². The molecule has 0 saturated carbocycles. The number of rotatable bonds is 8. The van der Waals surface area contributed by atoms with Gasteiger partial charge in [0.15, 0.2) is 0 Å². The van der Waals surface area contributed by atoms with E-state index in [1.807, 2.05) is 64.1 Å². The van der Waals surface area contributed by atoms with Crippen molar-refractivity contribution in [2.45, 2.75) is 33.8 Å². The minimum Gasteiger partial charge on any atom is -0.491 e. The van der Waals surface area contributed by atoms with Crippen molar-refractivity contribution in [3.63, 3.8) is 0 Å². The standard InChI is InChI=1S/C21H27N3O4S/c1-15(2)28-19-9-7-18(8-10-19)13-22-23-21(25)14-24(29(5,26)27)20-11-6-16(3)12-17(20)4/h6-13,15H,14H2,1-5H3,(H,23,25)/b22-13-. The molecular weight excluding hydrogens is 390 g/mol. The summed E-state index contributed by atoms with van der Waals surface area (Å²) in [6.45, 7) is 7.26. The molecule has 2 aromatic rings. The zero-order valence-electron chi connectivity index (χ0n) is 17.3. The van der Waals surface area contributed by atoms with Gasteiger partial charge < -0.3 is 4.74 Å². The highest BCUT2D eigenvalue weighted by Crippen LogP contribution is 2.23. The summed E-state index contributed by atoms with van der Waals surface area (Å²) in [7, 11) is -3.63. The predicted molar refractivity (Wildman–Crippen MR) is 116 cm³/mol. The van der Waals surface area contributed by atoms with Crippen LogP contribution in [-0.4, -0.2) is 39.4 Å². The number of nitrogens with zero attached hydrogens (tertiary/aromatic N) is 2. The number of hydrogen-bond donors (Lipinski definition) is 1. The van der Waals surface area contributed by atoms with Gasteiger partial charge in [-0.25, -0.2) is 13.8 Å². The Bertz CT molecular complexity index is 983. The number of hydrogen-bond acceptors (Lipinski definition) is 5. The topological polar surface area (TPSA) is 88.1 Å². The van der Waals surface area contributed by atoms with Crippen molar-refractivity contribution < 1.29 is 17.9 Å². The van der Waals surface area contributed by atoms with Gasteiger partial charge in [0.25, 0.3) is 5.91 Å². The van der Waals surface area contributed by atoms with E-state index in [-0.39, 0.29) is 12.6 Å². The van der Waals surface area contributed by atoms with Gasteiger partial charge in [0, 0.05) is 0 Å². The molecule has 0 aliphatic rings. The quantitative estimate of drug-likeness (QED) is 0.528. The number of aryl methyl sites for hydroxylation is 2. The van der Waals surface area contributed by atoms with Crippen LogP contribution >= 0.6 is 0 Å². The molecule has 0 heterocycles. The van der Waals surface area contributed by atoms with Crippen LogP contribution in [0.1, 0.15) is 30.5 Å². The Morgan fingerprint density at radius 3 is 2.38 bits per heavy atom. The highest BCUT2D eigenvalue weighted by Gasteiger charge is 2.22. The molecule has 1 amide bonds. The van der Waals surface area contributed by atoms with Crippen molar-refractivity contribution in [2.75, 3.05) is 17.1 Å². The van der Waals surface area contributed by atoms with Gasteiger partial charge >= 0.3 is 0 Å². The van der Waals surface area contributed by atoms with Crippen LogP contribution in [0.15, 0.2) is 47.6 Å². The third kappa shape index (κ3) is 6.90. The first kappa shape index (κ1) is 22.4. The molecule has 156 valence electrons. The number of carbonyl (C=O) groups excluding carboxylic acids is 1. The number of anilines is 1. The molecule has 2 rings (SSSR count). The summed E-state index contributed by atoms with van der Waals surface area (Å²) in [5, 5.41) is 3.91. The van der Waals surface area contributed by atoms with Crippen molar-refractivity contribution >= 4 is 27.8 Å². The largest absolute Gasteiger partial charge is 0.491 e. The molecule has 0 spiro atoms. The Morgan fingerprint density at radius 2 is 1.83 bits per heavy atom. The molecule has 29 heavy (non-hydrogen) atoms. The summed E-state index contributed by atoms with van der Waals surface area (Å²) in [6.07, 6.45) is 2.64. The zero-order chi connectivity index (χ0) is 21.6. The summed E-state index contributed by atoms with van der Waals surface area (Å²) in [4.78, 5) is 12.3. The highest BCUT2D eigenvalue weighted by atomic mass is 32.2. The molecule has 0 aromatic heterocycles. The van der Waals surface area contributed by atoms with E-state index in [0.717, 1.165) is 33.0 Å². The number of amides is 1. The number of sulfonamides is 1. The van der Waals surface area contributed by atoms with Crippen LogP contribution in [0.25, 0.3) is 0 Å². The molecule has 0 unspecified atom stereocenters. The number of hydrazone groups is 1.